The number of rotatable bonds is 7. The fourth-order valence-electron chi connectivity index (χ4n) is 5.24. The highest BCUT2D eigenvalue weighted by molar-refractivity contribution is 5.01. The first-order chi connectivity index (χ1) is 9.38. The average molecular weight is 263 g/mol. The first-order valence-corrected chi connectivity index (χ1v) is 8.69. The van der Waals surface area contributed by atoms with Gasteiger partial charge in [0.15, 0.2) is 0 Å². The molecule has 2 heteroatoms. The van der Waals surface area contributed by atoms with Gasteiger partial charge >= 0.3 is 0 Å². The molecule has 5 aliphatic rings. The van der Waals surface area contributed by atoms with E-state index in [9.17, 15) is 0 Å². The Balaban J connectivity index is 1.16. The Morgan fingerprint density at radius 1 is 0.895 bits per heavy atom. The Bertz CT molecular complexity index is 284. The predicted molar refractivity (Wildman–Crippen MR) is 77.0 cm³/mol. The second-order valence-corrected chi connectivity index (χ2v) is 7.78. The van der Waals surface area contributed by atoms with Crippen LogP contribution in [0.3, 0.4) is 0 Å². The van der Waals surface area contributed by atoms with Crippen molar-refractivity contribution in [2.75, 3.05) is 19.8 Å². The molecule has 2 nitrogen and oxygen atoms in total. The normalized spacial score (nSPS) is 43.9. The van der Waals surface area contributed by atoms with Crippen LogP contribution in [0.15, 0.2) is 0 Å². The summed E-state index contributed by atoms with van der Waals surface area (Å²) >= 11 is 0. The molecule has 0 radical (unpaired) electrons. The van der Waals surface area contributed by atoms with Gasteiger partial charge in [-0.15, -0.1) is 0 Å². The minimum Gasteiger partial charge on any atom is -0.381 e. The Hall–Kier alpha value is -0.0800. The van der Waals surface area contributed by atoms with Crippen LogP contribution in [0.1, 0.15) is 51.4 Å². The van der Waals surface area contributed by atoms with Crippen molar-refractivity contribution in [2.45, 2.75) is 57.4 Å². The Morgan fingerprint density at radius 3 is 2.21 bits per heavy atom. The summed E-state index contributed by atoms with van der Waals surface area (Å²) < 4.78 is 5.73. The van der Waals surface area contributed by atoms with Crippen molar-refractivity contribution in [3.05, 3.63) is 0 Å². The van der Waals surface area contributed by atoms with Gasteiger partial charge in [0, 0.05) is 19.3 Å². The molecule has 5 saturated carbocycles. The zero-order valence-corrected chi connectivity index (χ0v) is 12.2. The second-order valence-electron chi connectivity index (χ2n) is 7.78. The van der Waals surface area contributed by atoms with Gasteiger partial charge in [-0.1, -0.05) is 0 Å². The van der Waals surface area contributed by atoms with E-state index in [2.05, 4.69) is 5.32 Å². The maximum Gasteiger partial charge on any atom is 0.0494 e. The summed E-state index contributed by atoms with van der Waals surface area (Å²) in [5, 5.41) is 3.89. The van der Waals surface area contributed by atoms with E-state index in [4.69, 9.17) is 4.74 Å². The lowest BCUT2D eigenvalue weighted by molar-refractivity contribution is -0.0142. The van der Waals surface area contributed by atoms with E-state index in [1.165, 1.54) is 51.5 Å². The van der Waals surface area contributed by atoms with Crippen LogP contribution in [-0.4, -0.2) is 25.8 Å². The molecule has 0 aromatic heterocycles. The third-order valence-electron chi connectivity index (χ3n) is 6.12. The van der Waals surface area contributed by atoms with Crippen molar-refractivity contribution >= 4 is 0 Å². The standard InChI is InChI=1S/C17H29NO/c1(5-19-11-12-2-3-12)4-18-17-15-7-13-6-14(9-15)10-16(17)8-13/h12-18H,1-11H2. The fraction of sp³-hybridized carbons (Fsp3) is 1.00. The summed E-state index contributed by atoms with van der Waals surface area (Å²) in [4.78, 5) is 0. The van der Waals surface area contributed by atoms with Crippen molar-refractivity contribution in [1.82, 2.24) is 5.32 Å². The van der Waals surface area contributed by atoms with E-state index in [1.54, 1.807) is 6.42 Å². The molecular formula is C17H29NO. The zero-order valence-electron chi connectivity index (χ0n) is 12.2. The summed E-state index contributed by atoms with van der Waals surface area (Å²) in [5.74, 6) is 5.15. The zero-order chi connectivity index (χ0) is 12.7. The average Bonchev–Trinajstić information content (AvgIpc) is 3.19. The van der Waals surface area contributed by atoms with E-state index in [0.717, 1.165) is 48.8 Å². The highest BCUT2D eigenvalue weighted by atomic mass is 16.5. The van der Waals surface area contributed by atoms with Gasteiger partial charge in [-0.05, 0) is 87.5 Å². The van der Waals surface area contributed by atoms with Gasteiger partial charge in [0.2, 0.25) is 0 Å². The van der Waals surface area contributed by atoms with E-state index in [-0.39, 0.29) is 0 Å². The molecule has 4 bridgehead atoms. The Labute approximate surface area is 117 Å². The molecule has 0 heterocycles. The van der Waals surface area contributed by atoms with Crippen molar-refractivity contribution < 1.29 is 4.74 Å². The molecule has 108 valence electrons. The largest absolute Gasteiger partial charge is 0.381 e. The Morgan fingerprint density at radius 2 is 1.58 bits per heavy atom. The molecule has 0 aliphatic heterocycles. The first kappa shape index (κ1) is 12.6. The molecule has 0 spiro atoms. The summed E-state index contributed by atoms with van der Waals surface area (Å²) in [6.45, 7) is 3.17. The summed E-state index contributed by atoms with van der Waals surface area (Å²) in [6.07, 6.45) is 11.7. The van der Waals surface area contributed by atoms with Crippen LogP contribution in [0, 0.1) is 29.6 Å². The SMILES string of the molecule is C(CNC1C2CC3CC(C2)CC1C3)COCC1CC1. The van der Waals surface area contributed by atoms with Gasteiger partial charge < -0.3 is 10.1 Å². The van der Waals surface area contributed by atoms with E-state index in [0.29, 0.717) is 0 Å². The molecule has 1 N–H and O–H groups in total. The quantitative estimate of drug-likeness (QED) is 0.712. The molecule has 5 rings (SSSR count). The van der Waals surface area contributed by atoms with Gasteiger partial charge in [-0.25, -0.2) is 0 Å². The molecule has 5 aliphatic carbocycles. The molecule has 0 saturated heterocycles. The number of nitrogens with one attached hydrogen (secondary N) is 1. The summed E-state index contributed by atoms with van der Waals surface area (Å²) in [7, 11) is 0. The summed E-state index contributed by atoms with van der Waals surface area (Å²) in [5.41, 5.74) is 0. The van der Waals surface area contributed by atoms with E-state index < -0.39 is 0 Å². The number of hydrogen-bond acceptors (Lipinski definition) is 2. The van der Waals surface area contributed by atoms with Crippen LogP contribution in [0.25, 0.3) is 0 Å². The van der Waals surface area contributed by atoms with Crippen LogP contribution in [0.5, 0.6) is 0 Å². The summed E-state index contributed by atoms with van der Waals surface area (Å²) in [6, 6.07) is 0.858. The van der Waals surface area contributed by atoms with Crippen LogP contribution < -0.4 is 5.32 Å². The van der Waals surface area contributed by atoms with Gasteiger partial charge in [0.05, 0.1) is 0 Å². The molecule has 0 unspecified atom stereocenters. The van der Waals surface area contributed by atoms with Crippen LogP contribution in [-0.2, 0) is 4.74 Å². The monoisotopic (exact) mass is 263 g/mol. The van der Waals surface area contributed by atoms with E-state index in [1.807, 2.05) is 0 Å². The molecule has 5 fully saturated rings. The molecule has 0 amide bonds. The van der Waals surface area contributed by atoms with Crippen molar-refractivity contribution in [3.8, 4) is 0 Å². The smallest absolute Gasteiger partial charge is 0.0494 e. The molecular weight excluding hydrogens is 234 g/mol. The topological polar surface area (TPSA) is 21.3 Å². The minimum atomic E-state index is 0.858. The van der Waals surface area contributed by atoms with Gasteiger partial charge in [0.1, 0.15) is 0 Å². The highest BCUT2D eigenvalue weighted by Crippen LogP contribution is 2.53. The highest BCUT2D eigenvalue weighted by Gasteiger charge is 2.47. The van der Waals surface area contributed by atoms with Gasteiger partial charge in [0.25, 0.3) is 0 Å². The maximum atomic E-state index is 5.73. The van der Waals surface area contributed by atoms with Crippen LogP contribution >= 0.6 is 0 Å². The van der Waals surface area contributed by atoms with Gasteiger partial charge in [-0.2, -0.15) is 0 Å². The number of ether oxygens (including phenoxy) is 1. The lowest BCUT2D eigenvalue weighted by Crippen LogP contribution is -2.54. The van der Waals surface area contributed by atoms with Gasteiger partial charge in [-0.3, -0.25) is 0 Å². The Kier molecular flexibility index (Phi) is 3.57. The lowest BCUT2D eigenvalue weighted by Gasteiger charge is -2.54. The van der Waals surface area contributed by atoms with Crippen LogP contribution in [0.4, 0.5) is 0 Å². The minimum absolute atomic E-state index is 0.858. The third kappa shape index (κ3) is 2.85. The van der Waals surface area contributed by atoms with E-state index >= 15 is 0 Å². The lowest BCUT2D eigenvalue weighted by atomic mass is 9.54. The third-order valence-corrected chi connectivity index (χ3v) is 6.12. The fourth-order valence-corrected chi connectivity index (χ4v) is 5.24. The predicted octanol–water partition coefficient (Wildman–Crippen LogP) is 3.22. The molecule has 0 atom stereocenters. The first-order valence-electron chi connectivity index (χ1n) is 8.69. The number of hydrogen-bond donors (Lipinski definition) is 1. The molecule has 19 heavy (non-hydrogen) atoms. The maximum absolute atomic E-state index is 5.73. The van der Waals surface area contributed by atoms with Crippen molar-refractivity contribution in [2.24, 2.45) is 29.6 Å². The van der Waals surface area contributed by atoms with Crippen molar-refractivity contribution in [1.29, 1.82) is 0 Å². The van der Waals surface area contributed by atoms with Crippen LogP contribution in [0.2, 0.25) is 0 Å². The van der Waals surface area contributed by atoms with Crippen molar-refractivity contribution in [3.63, 3.8) is 0 Å². The molecule has 0 aromatic carbocycles. The molecule has 0 aromatic rings. The second kappa shape index (κ2) is 5.37.